The number of allylic oxidation sites excluding steroid dienone is 1. The van der Waals surface area contributed by atoms with Crippen LogP contribution in [0.15, 0.2) is 24.3 Å². The first-order valence-electron chi connectivity index (χ1n) is 3.34. The van der Waals surface area contributed by atoms with Crippen molar-refractivity contribution in [3.8, 4) is 5.75 Å². The van der Waals surface area contributed by atoms with Gasteiger partial charge in [0.1, 0.15) is 12.0 Å². The number of benzene rings is 1. The van der Waals surface area contributed by atoms with Crippen LogP contribution in [0.25, 0.3) is 6.08 Å². The Bertz CT molecular complexity index is 318. The molecule has 0 fully saturated rings. The van der Waals surface area contributed by atoms with Crippen LogP contribution in [0.4, 0.5) is 0 Å². The fourth-order valence-electron chi connectivity index (χ4n) is 0.777. The quantitative estimate of drug-likeness (QED) is 0.563. The summed E-state index contributed by atoms with van der Waals surface area (Å²) in [5.41, 5.74) is 0.782. The topological polar surface area (TPSA) is 37.3 Å². The van der Waals surface area contributed by atoms with Crippen LogP contribution in [0.5, 0.6) is 5.75 Å². The minimum atomic E-state index is 0.0416. The molecule has 0 heterocycles. The van der Waals surface area contributed by atoms with Crippen LogP contribution in [0.1, 0.15) is 5.56 Å². The number of hydrogen-bond donors (Lipinski definition) is 1. The Morgan fingerprint density at radius 2 is 2.17 bits per heavy atom. The highest BCUT2D eigenvalue weighted by Gasteiger charge is 1.96. The zero-order valence-corrected chi connectivity index (χ0v) is 6.95. The average Bonchev–Trinajstić information content (AvgIpc) is 2.07. The summed E-state index contributed by atoms with van der Waals surface area (Å²) in [5.74, 6) is 0.0416. The second-order valence-electron chi connectivity index (χ2n) is 2.21. The summed E-state index contributed by atoms with van der Waals surface area (Å²) in [7, 11) is 0. The minimum absolute atomic E-state index is 0.0416. The molecule has 0 radical (unpaired) electrons. The first kappa shape index (κ1) is 8.81. The van der Waals surface area contributed by atoms with Gasteiger partial charge in [-0.1, -0.05) is 23.7 Å². The molecule has 0 aromatic heterocycles. The van der Waals surface area contributed by atoms with Crippen molar-refractivity contribution in [2.45, 2.75) is 0 Å². The molecule has 3 heteroatoms. The normalized spacial score (nSPS) is 10.4. The zero-order chi connectivity index (χ0) is 8.97. The molecule has 0 spiro atoms. The van der Waals surface area contributed by atoms with Gasteiger partial charge < -0.3 is 5.11 Å². The number of phenolic OH excluding ortho intramolecular Hbond substituents is 1. The molecule has 62 valence electrons. The van der Waals surface area contributed by atoms with E-state index in [-0.39, 0.29) is 10.8 Å². The van der Waals surface area contributed by atoms with Gasteiger partial charge >= 0.3 is 0 Å². The lowest BCUT2D eigenvalue weighted by molar-refractivity contribution is -0.104. The van der Waals surface area contributed by atoms with E-state index in [2.05, 4.69) is 0 Å². The van der Waals surface area contributed by atoms with Gasteiger partial charge in [-0.3, -0.25) is 4.79 Å². The van der Waals surface area contributed by atoms with Crippen molar-refractivity contribution in [3.63, 3.8) is 0 Å². The van der Waals surface area contributed by atoms with Gasteiger partial charge in [0.05, 0.1) is 5.02 Å². The van der Waals surface area contributed by atoms with Crippen LogP contribution in [0, 0.1) is 0 Å². The summed E-state index contributed by atoms with van der Waals surface area (Å²) in [5, 5.41) is 9.32. The summed E-state index contributed by atoms with van der Waals surface area (Å²) in [6.07, 6.45) is 3.65. The van der Waals surface area contributed by atoms with Gasteiger partial charge in [-0.15, -0.1) is 0 Å². The Balaban J connectivity index is 2.96. The number of aromatic hydroxyl groups is 1. The fraction of sp³-hybridized carbons (Fsp3) is 0. The van der Waals surface area contributed by atoms with Crippen LogP contribution in [0.2, 0.25) is 5.02 Å². The maximum Gasteiger partial charge on any atom is 0.142 e. The molecule has 0 aliphatic carbocycles. The Kier molecular flexibility index (Phi) is 2.88. The molecule has 0 aliphatic heterocycles. The standard InChI is InChI=1S/C9H7ClO2/c10-8-6-7(2-1-5-11)3-4-9(8)12/h1-6,12H. The van der Waals surface area contributed by atoms with Crippen molar-refractivity contribution in [1.82, 2.24) is 0 Å². The summed E-state index contributed by atoms with van der Waals surface area (Å²) >= 11 is 5.62. The number of carbonyl (C=O) groups excluding carboxylic acids is 1. The van der Waals surface area contributed by atoms with E-state index in [0.29, 0.717) is 6.29 Å². The summed E-state index contributed by atoms with van der Waals surface area (Å²) in [6.45, 7) is 0. The van der Waals surface area contributed by atoms with Gasteiger partial charge in [0.25, 0.3) is 0 Å². The third kappa shape index (κ3) is 2.10. The second kappa shape index (κ2) is 3.93. The Hall–Kier alpha value is -1.28. The highest BCUT2D eigenvalue weighted by atomic mass is 35.5. The van der Waals surface area contributed by atoms with Crippen molar-refractivity contribution < 1.29 is 9.90 Å². The van der Waals surface area contributed by atoms with Crippen molar-refractivity contribution in [2.24, 2.45) is 0 Å². The third-order valence-electron chi connectivity index (χ3n) is 1.34. The van der Waals surface area contributed by atoms with Gasteiger partial charge in [-0.2, -0.15) is 0 Å². The molecular weight excluding hydrogens is 176 g/mol. The van der Waals surface area contributed by atoms with Gasteiger partial charge in [-0.25, -0.2) is 0 Å². The van der Waals surface area contributed by atoms with E-state index in [4.69, 9.17) is 16.7 Å². The monoisotopic (exact) mass is 182 g/mol. The lowest BCUT2D eigenvalue weighted by Gasteiger charge is -1.96. The molecule has 0 atom stereocenters. The van der Waals surface area contributed by atoms with E-state index in [1.165, 1.54) is 12.1 Å². The number of rotatable bonds is 2. The molecule has 1 N–H and O–H groups in total. The van der Waals surface area contributed by atoms with Crippen LogP contribution in [0.3, 0.4) is 0 Å². The van der Waals surface area contributed by atoms with Gasteiger partial charge in [-0.05, 0) is 23.8 Å². The van der Waals surface area contributed by atoms with E-state index in [9.17, 15) is 4.79 Å². The van der Waals surface area contributed by atoms with Gasteiger partial charge in [0.15, 0.2) is 0 Å². The molecular formula is C9H7ClO2. The van der Waals surface area contributed by atoms with Gasteiger partial charge in [0, 0.05) is 0 Å². The number of hydrogen-bond acceptors (Lipinski definition) is 2. The first-order valence-corrected chi connectivity index (χ1v) is 3.72. The molecule has 0 aliphatic rings. The van der Waals surface area contributed by atoms with Crippen molar-refractivity contribution in [3.05, 3.63) is 34.9 Å². The Morgan fingerprint density at radius 1 is 1.42 bits per heavy atom. The summed E-state index contributed by atoms with van der Waals surface area (Å²) in [4.78, 5) is 9.96. The average molecular weight is 183 g/mol. The highest BCUT2D eigenvalue weighted by Crippen LogP contribution is 2.23. The molecule has 1 aromatic carbocycles. The molecule has 12 heavy (non-hydrogen) atoms. The van der Waals surface area contributed by atoms with Crippen molar-refractivity contribution in [1.29, 1.82) is 0 Å². The van der Waals surface area contributed by atoms with Gasteiger partial charge in [0.2, 0.25) is 0 Å². The maximum atomic E-state index is 9.96. The fourth-order valence-corrected chi connectivity index (χ4v) is 0.966. The van der Waals surface area contributed by atoms with Crippen LogP contribution in [-0.2, 0) is 4.79 Å². The molecule has 0 saturated carbocycles. The predicted molar refractivity (Wildman–Crippen MR) is 48.2 cm³/mol. The smallest absolute Gasteiger partial charge is 0.142 e. The van der Waals surface area contributed by atoms with Crippen molar-refractivity contribution >= 4 is 24.0 Å². The number of phenols is 1. The van der Waals surface area contributed by atoms with Crippen LogP contribution in [-0.4, -0.2) is 11.4 Å². The molecule has 0 bridgehead atoms. The largest absolute Gasteiger partial charge is 0.506 e. The molecule has 0 amide bonds. The lowest BCUT2D eigenvalue weighted by Crippen LogP contribution is -1.73. The molecule has 1 aromatic rings. The molecule has 0 unspecified atom stereocenters. The second-order valence-corrected chi connectivity index (χ2v) is 2.61. The summed E-state index contributed by atoms with van der Waals surface area (Å²) < 4.78 is 0. The van der Waals surface area contributed by atoms with Crippen molar-refractivity contribution in [2.75, 3.05) is 0 Å². The molecule has 0 saturated heterocycles. The van der Waals surface area contributed by atoms with E-state index in [1.54, 1.807) is 18.2 Å². The highest BCUT2D eigenvalue weighted by molar-refractivity contribution is 6.32. The Labute approximate surface area is 75.1 Å². The zero-order valence-electron chi connectivity index (χ0n) is 6.20. The Morgan fingerprint density at radius 3 is 2.75 bits per heavy atom. The number of carbonyl (C=O) groups is 1. The third-order valence-corrected chi connectivity index (χ3v) is 1.64. The van der Waals surface area contributed by atoms with E-state index < -0.39 is 0 Å². The number of aldehydes is 1. The van der Waals surface area contributed by atoms with E-state index in [1.807, 2.05) is 0 Å². The van der Waals surface area contributed by atoms with Crippen LogP contribution >= 0.6 is 11.6 Å². The minimum Gasteiger partial charge on any atom is -0.506 e. The SMILES string of the molecule is O=CC=Cc1ccc(O)c(Cl)c1. The predicted octanol–water partition coefficient (Wildman–Crippen LogP) is 2.26. The van der Waals surface area contributed by atoms with E-state index >= 15 is 0 Å². The molecule has 2 nitrogen and oxygen atoms in total. The number of halogens is 1. The first-order chi connectivity index (χ1) is 5.74. The maximum absolute atomic E-state index is 9.96. The molecule has 1 rings (SSSR count). The summed E-state index contributed by atoms with van der Waals surface area (Å²) in [6, 6.07) is 4.73. The van der Waals surface area contributed by atoms with Crippen LogP contribution < -0.4 is 0 Å². The van der Waals surface area contributed by atoms with E-state index in [0.717, 1.165) is 5.56 Å². The lowest BCUT2D eigenvalue weighted by atomic mass is 10.2.